The molecule has 4 aromatic rings. The van der Waals surface area contributed by atoms with Gasteiger partial charge in [0.15, 0.2) is 11.5 Å². The number of hydrogen-bond acceptors (Lipinski definition) is 6. The van der Waals surface area contributed by atoms with Crippen LogP contribution in [0.5, 0.6) is 0 Å². The van der Waals surface area contributed by atoms with Crippen molar-refractivity contribution in [1.29, 1.82) is 0 Å². The Hall–Kier alpha value is -3.39. The van der Waals surface area contributed by atoms with Gasteiger partial charge in [-0.2, -0.15) is 0 Å². The molecule has 0 saturated carbocycles. The first-order valence-electron chi connectivity index (χ1n) is 7.58. The number of thiophene rings is 1. The molecule has 0 aliphatic carbocycles. The molecule has 0 aliphatic rings. The van der Waals surface area contributed by atoms with Gasteiger partial charge in [0, 0.05) is 16.5 Å². The average molecular weight is 366 g/mol. The lowest BCUT2D eigenvalue weighted by molar-refractivity contribution is 0.0692. The highest BCUT2D eigenvalue weighted by atomic mass is 32.1. The van der Waals surface area contributed by atoms with Crippen molar-refractivity contribution in [3.63, 3.8) is 0 Å². The number of carbonyl (C=O) groups is 1. The number of carboxylic acid groups (broad SMARTS) is 1. The zero-order chi connectivity index (χ0) is 18.1. The van der Waals surface area contributed by atoms with Crippen LogP contribution in [0.15, 0.2) is 54.9 Å². The van der Waals surface area contributed by atoms with Crippen molar-refractivity contribution in [3.8, 4) is 10.4 Å². The summed E-state index contributed by atoms with van der Waals surface area (Å²) < 4.78 is 13.7. The molecule has 0 saturated heterocycles. The fourth-order valence-electron chi connectivity index (χ4n) is 2.50. The van der Waals surface area contributed by atoms with Crippen LogP contribution < -0.4 is 5.32 Å². The van der Waals surface area contributed by atoms with Gasteiger partial charge >= 0.3 is 5.97 Å². The Morgan fingerprint density at radius 3 is 2.65 bits per heavy atom. The van der Waals surface area contributed by atoms with Crippen LogP contribution in [0, 0.1) is 5.82 Å². The number of pyridine rings is 1. The fraction of sp³-hybridized carbons (Fsp3) is 0. The van der Waals surface area contributed by atoms with Crippen LogP contribution in [-0.2, 0) is 0 Å². The van der Waals surface area contributed by atoms with E-state index in [1.807, 2.05) is 12.1 Å². The van der Waals surface area contributed by atoms with Crippen molar-refractivity contribution >= 4 is 38.9 Å². The van der Waals surface area contributed by atoms with Gasteiger partial charge in [-0.25, -0.2) is 9.18 Å². The monoisotopic (exact) mass is 366 g/mol. The molecule has 6 nitrogen and oxygen atoms in total. The van der Waals surface area contributed by atoms with Crippen molar-refractivity contribution in [3.05, 3.63) is 66.4 Å². The van der Waals surface area contributed by atoms with Crippen molar-refractivity contribution in [2.45, 2.75) is 0 Å². The Labute approximate surface area is 151 Å². The highest BCUT2D eigenvalue weighted by Crippen LogP contribution is 2.38. The highest BCUT2D eigenvalue weighted by Gasteiger charge is 2.19. The summed E-state index contributed by atoms with van der Waals surface area (Å²) >= 11 is 1.27. The number of nitrogens with one attached hydrogen (secondary N) is 1. The Kier molecular flexibility index (Phi) is 4.02. The van der Waals surface area contributed by atoms with E-state index in [0.29, 0.717) is 21.6 Å². The number of aromatic carboxylic acids is 1. The standard InChI is InChI=1S/C18H11FN4O2S/c19-11-5-3-10(4-6-11)14-8-13-16(26-14)15(18(24)25)22-23-17(13)21-12-2-1-7-20-9-12/h1-9H,(H,21,23)(H,24,25). The Balaban J connectivity index is 1.87. The number of carboxylic acids is 1. The molecule has 0 aliphatic heterocycles. The quantitative estimate of drug-likeness (QED) is 0.559. The van der Waals surface area contributed by atoms with Crippen molar-refractivity contribution in [2.24, 2.45) is 0 Å². The van der Waals surface area contributed by atoms with Gasteiger partial charge in [0.05, 0.1) is 16.6 Å². The first-order chi connectivity index (χ1) is 12.6. The SMILES string of the molecule is O=C(O)c1nnc(Nc2cccnc2)c2cc(-c3ccc(F)cc3)sc12. The molecular formula is C18H11FN4O2S. The molecule has 128 valence electrons. The number of rotatable bonds is 4. The second-order valence-electron chi connectivity index (χ2n) is 5.43. The van der Waals surface area contributed by atoms with E-state index in [-0.39, 0.29) is 11.5 Å². The van der Waals surface area contributed by atoms with Crippen LogP contribution in [0.25, 0.3) is 20.5 Å². The molecule has 4 rings (SSSR count). The van der Waals surface area contributed by atoms with E-state index in [1.165, 1.54) is 23.5 Å². The Morgan fingerprint density at radius 1 is 1.15 bits per heavy atom. The second-order valence-corrected chi connectivity index (χ2v) is 6.48. The number of aromatic nitrogens is 3. The molecule has 0 bridgehead atoms. The predicted octanol–water partition coefficient (Wildman–Crippen LogP) is 4.33. The number of hydrogen-bond donors (Lipinski definition) is 2. The zero-order valence-electron chi connectivity index (χ0n) is 13.2. The van der Waals surface area contributed by atoms with Crippen molar-refractivity contribution in [2.75, 3.05) is 5.32 Å². The van der Waals surface area contributed by atoms with Gasteiger partial charge in [0.1, 0.15) is 5.82 Å². The summed E-state index contributed by atoms with van der Waals surface area (Å²) in [6, 6.07) is 11.4. The maximum atomic E-state index is 13.2. The second kappa shape index (κ2) is 6.49. The molecule has 0 fully saturated rings. The van der Waals surface area contributed by atoms with Gasteiger partial charge in [0.2, 0.25) is 0 Å². The fourth-order valence-corrected chi connectivity index (χ4v) is 3.65. The van der Waals surface area contributed by atoms with Crippen LogP contribution in [-0.4, -0.2) is 26.3 Å². The van der Waals surface area contributed by atoms with Crippen molar-refractivity contribution < 1.29 is 14.3 Å². The predicted molar refractivity (Wildman–Crippen MR) is 97.3 cm³/mol. The van der Waals surface area contributed by atoms with Crippen LogP contribution >= 0.6 is 11.3 Å². The lowest BCUT2D eigenvalue weighted by atomic mass is 10.1. The smallest absolute Gasteiger partial charge is 0.357 e. The van der Waals surface area contributed by atoms with Crippen LogP contribution in [0.4, 0.5) is 15.9 Å². The number of anilines is 2. The molecule has 8 heteroatoms. The van der Waals surface area contributed by atoms with E-state index < -0.39 is 5.97 Å². The molecule has 0 amide bonds. The summed E-state index contributed by atoms with van der Waals surface area (Å²) in [4.78, 5) is 16.3. The summed E-state index contributed by atoms with van der Waals surface area (Å²) in [6.45, 7) is 0. The third-order valence-electron chi connectivity index (χ3n) is 3.71. The van der Waals surface area contributed by atoms with Crippen LogP contribution in [0.3, 0.4) is 0 Å². The van der Waals surface area contributed by atoms with E-state index in [1.54, 1.807) is 30.6 Å². The molecule has 3 heterocycles. The number of halogens is 1. The van der Waals surface area contributed by atoms with E-state index in [0.717, 1.165) is 10.4 Å². The van der Waals surface area contributed by atoms with E-state index in [9.17, 15) is 14.3 Å². The van der Waals surface area contributed by atoms with Gasteiger partial charge < -0.3 is 10.4 Å². The van der Waals surface area contributed by atoms with E-state index in [2.05, 4.69) is 20.5 Å². The highest BCUT2D eigenvalue weighted by molar-refractivity contribution is 7.22. The van der Waals surface area contributed by atoms with Gasteiger partial charge in [0.25, 0.3) is 0 Å². The summed E-state index contributed by atoms with van der Waals surface area (Å²) in [6.07, 6.45) is 3.28. The summed E-state index contributed by atoms with van der Waals surface area (Å²) in [5.41, 5.74) is 1.38. The summed E-state index contributed by atoms with van der Waals surface area (Å²) in [7, 11) is 0. The van der Waals surface area contributed by atoms with Gasteiger partial charge in [-0.15, -0.1) is 21.5 Å². The third-order valence-corrected chi connectivity index (χ3v) is 4.90. The first-order valence-corrected chi connectivity index (χ1v) is 8.40. The van der Waals surface area contributed by atoms with Gasteiger partial charge in [-0.3, -0.25) is 4.98 Å². The topological polar surface area (TPSA) is 88.0 Å². The Bertz CT molecular complexity index is 1100. The molecule has 0 radical (unpaired) electrons. The number of fused-ring (bicyclic) bond motifs is 1. The maximum Gasteiger partial charge on any atom is 0.357 e. The average Bonchev–Trinajstić information content (AvgIpc) is 3.09. The maximum absolute atomic E-state index is 13.2. The number of nitrogens with zero attached hydrogens (tertiary/aromatic N) is 3. The minimum Gasteiger partial charge on any atom is -0.476 e. The molecule has 3 aromatic heterocycles. The minimum atomic E-state index is -1.15. The van der Waals surface area contributed by atoms with Crippen molar-refractivity contribution in [1.82, 2.24) is 15.2 Å². The summed E-state index contributed by atoms with van der Waals surface area (Å²) in [5, 5.41) is 21.0. The van der Waals surface area contributed by atoms with E-state index >= 15 is 0 Å². The normalized spacial score (nSPS) is 10.8. The molecule has 2 N–H and O–H groups in total. The minimum absolute atomic E-state index is 0.116. The lowest BCUT2D eigenvalue weighted by Gasteiger charge is -2.06. The molecule has 0 spiro atoms. The molecule has 0 atom stereocenters. The van der Waals surface area contributed by atoms with E-state index in [4.69, 9.17) is 0 Å². The number of benzene rings is 1. The largest absolute Gasteiger partial charge is 0.476 e. The molecular weight excluding hydrogens is 355 g/mol. The molecule has 1 aromatic carbocycles. The zero-order valence-corrected chi connectivity index (χ0v) is 14.0. The third kappa shape index (κ3) is 2.98. The first kappa shape index (κ1) is 16.1. The van der Waals surface area contributed by atoms with Gasteiger partial charge in [-0.1, -0.05) is 12.1 Å². The molecule has 26 heavy (non-hydrogen) atoms. The van der Waals surface area contributed by atoms with Crippen LogP contribution in [0.1, 0.15) is 10.5 Å². The summed E-state index contributed by atoms with van der Waals surface area (Å²) in [5.74, 6) is -1.05. The van der Waals surface area contributed by atoms with Gasteiger partial charge in [-0.05, 0) is 35.9 Å². The van der Waals surface area contributed by atoms with Crippen LogP contribution in [0.2, 0.25) is 0 Å². The lowest BCUT2D eigenvalue weighted by Crippen LogP contribution is -2.04. The molecule has 0 unspecified atom stereocenters. The Morgan fingerprint density at radius 2 is 1.96 bits per heavy atom.